The highest BCUT2D eigenvalue weighted by molar-refractivity contribution is 5.70. The summed E-state index contributed by atoms with van der Waals surface area (Å²) in [6.07, 6.45) is 6.28. The van der Waals surface area contributed by atoms with Crippen LogP contribution in [0.25, 0.3) is 0 Å². The molecule has 0 saturated carbocycles. The van der Waals surface area contributed by atoms with E-state index in [4.69, 9.17) is 0 Å². The van der Waals surface area contributed by atoms with Gasteiger partial charge in [-0.3, -0.25) is 4.99 Å². The molecule has 0 radical (unpaired) electrons. The summed E-state index contributed by atoms with van der Waals surface area (Å²) in [4.78, 5) is 4.29. The topological polar surface area (TPSA) is 24.4 Å². The molecule has 0 bridgehead atoms. The molecule has 1 fully saturated rings. The normalized spacial score (nSPS) is 25.8. The first-order valence-electron chi connectivity index (χ1n) is 4.34. The summed E-state index contributed by atoms with van der Waals surface area (Å²) < 4.78 is 0. The SMILES string of the molecule is CC1(C)C=NC=C2CNCC2=C1. The van der Waals surface area contributed by atoms with E-state index in [0.29, 0.717) is 0 Å². The fourth-order valence-corrected chi connectivity index (χ4v) is 1.64. The van der Waals surface area contributed by atoms with Gasteiger partial charge in [-0.15, -0.1) is 0 Å². The molecule has 0 aromatic carbocycles. The van der Waals surface area contributed by atoms with Crippen molar-refractivity contribution in [2.24, 2.45) is 10.4 Å². The molecule has 0 atom stereocenters. The number of fused-ring (bicyclic) bond motifs is 1. The summed E-state index contributed by atoms with van der Waals surface area (Å²) >= 11 is 0. The molecular formula is C10H14N2. The van der Waals surface area contributed by atoms with Gasteiger partial charge in [-0.25, -0.2) is 0 Å². The lowest BCUT2D eigenvalue weighted by atomic mass is 9.92. The van der Waals surface area contributed by atoms with Crippen LogP contribution in [0.3, 0.4) is 0 Å². The predicted molar refractivity (Wildman–Crippen MR) is 51.3 cm³/mol. The van der Waals surface area contributed by atoms with Gasteiger partial charge in [-0.1, -0.05) is 19.9 Å². The molecule has 2 aliphatic heterocycles. The maximum Gasteiger partial charge on any atom is 0.0312 e. The summed E-state index contributed by atoms with van der Waals surface area (Å²) in [5.74, 6) is 0. The van der Waals surface area contributed by atoms with Gasteiger partial charge in [-0.2, -0.15) is 0 Å². The van der Waals surface area contributed by atoms with E-state index >= 15 is 0 Å². The number of aliphatic imine (C=N–C) groups is 1. The van der Waals surface area contributed by atoms with Crippen LogP contribution in [-0.2, 0) is 0 Å². The van der Waals surface area contributed by atoms with E-state index in [1.54, 1.807) is 0 Å². The van der Waals surface area contributed by atoms with Crippen molar-refractivity contribution in [2.75, 3.05) is 13.1 Å². The first-order chi connectivity index (χ1) is 5.67. The van der Waals surface area contributed by atoms with Gasteiger partial charge in [0.25, 0.3) is 0 Å². The van der Waals surface area contributed by atoms with Gasteiger partial charge in [0, 0.05) is 30.9 Å². The maximum atomic E-state index is 4.29. The number of nitrogens with zero attached hydrogens (tertiary/aromatic N) is 1. The zero-order chi connectivity index (χ0) is 8.60. The average molecular weight is 162 g/mol. The number of hydrogen-bond acceptors (Lipinski definition) is 2. The fourth-order valence-electron chi connectivity index (χ4n) is 1.64. The van der Waals surface area contributed by atoms with Gasteiger partial charge in [-0.05, 0) is 11.1 Å². The Morgan fingerprint density at radius 2 is 2.08 bits per heavy atom. The first-order valence-corrected chi connectivity index (χ1v) is 4.34. The van der Waals surface area contributed by atoms with Gasteiger partial charge >= 0.3 is 0 Å². The van der Waals surface area contributed by atoms with Gasteiger partial charge in [0.15, 0.2) is 0 Å². The molecule has 0 aliphatic carbocycles. The van der Waals surface area contributed by atoms with E-state index in [1.807, 2.05) is 12.4 Å². The van der Waals surface area contributed by atoms with Crippen molar-refractivity contribution in [1.82, 2.24) is 5.32 Å². The fraction of sp³-hybridized carbons (Fsp3) is 0.500. The van der Waals surface area contributed by atoms with Gasteiger partial charge in [0.1, 0.15) is 0 Å². The van der Waals surface area contributed by atoms with Crippen molar-refractivity contribution >= 4 is 6.21 Å². The van der Waals surface area contributed by atoms with E-state index in [2.05, 4.69) is 30.2 Å². The summed E-state index contributed by atoms with van der Waals surface area (Å²) in [6, 6.07) is 0. The standard InChI is InChI=1S/C10H14N2/c1-10(2)3-8-4-11-5-9(8)6-12-7-10/h3,6-7,11H,4-5H2,1-2H3. The minimum absolute atomic E-state index is 0.111. The third-order valence-corrected chi connectivity index (χ3v) is 2.23. The molecule has 2 heterocycles. The van der Waals surface area contributed by atoms with E-state index in [-0.39, 0.29) is 5.41 Å². The van der Waals surface area contributed by atoms with Crippen LogP contribution in [0, 0.1) is 5.41 Å². The summed E-state index contributed by atoms with van der Waals surface area (Å²) in [5, 5.41) is 3.32. The van der Waals surface area contributed by atoms with Crippen molar-refractivity contribution < 1.29 is 0 Å². The Morgan fingerprint density at radius 3 is 2.92 bits per heavy atom. The molecule has 2 aliphatic rings. The lowest BCUT2D eigenvalue weighted by molar-refractivity contribution is 0.688. The third-order valence-electron chi connectivity index (χ3n) is 2.23. The molecule has 12 heavy (non-hydrogen) atoms. The lowest BCUT2D eigenvalue weighted by Gasteiger charge is -2.13. The molecule has 0 amide bonds. The van der Waals surface area contributed by atoms with Crippen LogP contribution in [0.1, 0.15) is 13.8 Å². The van der Waals surface area contributed by atoms with Crippen LogP contribution in [0.4, 0.5) is 0 Å². The van der Waals surface area contributed by atoms with Crippen LogP contribution < -0.4 is 5.32 Å². The number of allylic oxidation sites excluding steroid dienone is 1. The molecule has 0 aromatic rings. The van der Waals surface area contributed by atoms with Gasteiger partial charge in [0.05, 0.1) is 0 Å². The quantitative estimate of drug-likeness (QED) is 0.573. The second-order valence-corrected chi connectivity index (χ2v) is 4.03. The molecule has 2 rings (SSSR count). The van der Waals surface area contributed by atoms with Gasteiger partial charge in [0.2, 0.25) is 0 Å². The van der Waals surface area contributed by atoms with Crippen LogP contribution in [0.15, 0.2) is 28.4 Å². The summed E-state index contributed by atoms with van der Waals surface area (Å²) in [6.45, 7) is 6.33. The minimum atomic E-state index is 0.111. The average Bonchev–Trinajstić information content (AvgIpc) is 2.31. The van der Waals surface area contributed by atoms with E-state index in [1.165, 1.54) is 11.1 Å². The Hall–Kier alpha value is -0.890. The van der Waals surface area contributed by atoms with Gasteiger partial charge < -0.3 is 5.32 Å². The number of rotatable bonds is 0. The molecule has 0 aromatic heterocycles. The number of hydrogen-bond donors (Lipinski definition) is 1. The smallest absolute Gasteiger partial charge is 0.0312 e. The largest absolute Gasteiger partial charge is 0.309 e. The highest BCUT2D eigenvalue weighted by Crippen LogP contribution is 2.25. The monoisotopic (exact) mass is 162 g/mol. The second kappa shape index (κ2) is 2.56. The van der Waals surface area contributed by atoms with E-state index in [0.717, 1.165) is 13.1 Å². The maximum absolute atomic E-state index is 4.29. The first kappa shape index (κ1) is 7.74. The molecular weight excluding hydrogens is 148 g/mol. The van der Waals surface area contributed by atoms with Crippen LogP contribution >= 0.6 is 0 Å². The predicted octanol–water partition coefficient (Wildman–Crippen LogP) is 1.51. The highest BCUT2D eigenvalue weighted by Gasteiger charge is 2.20. The molecule has 64 valence electrons. The summed E-state index contributed by atoms with van der Waals surface area (Å²) in [5.41, 5.74) is 2.87. The summed E-state index contributed by atoms with van der Waals surface area (Å²) in [7, 11) is 0. The van der Waals surface area contributed by atoms with Crippen molar-refractivity contribution in [3.63, 3.8) is 0 Å². The molecule has 2 nitrogen and oxygen atoms in total. The Bertz CT molecular complexity index is 282. The molecule has 1 saturated heterocycles. The van der Waals surface area contributed by atoms with Crippen molar-refractivity contribution in [3.05, 3.63) is 23.4 Å². The Labute approximate surface area is 73.1 Å². The highest BCUT2D eigenvalue weighted by atomic mass is 14.9. The lowest BCUT2D eigenvalue weighted by Crippen LogP contribution is -2.11. The van der Waals surface area contributed by atoms with Crippen LogP contribution in [0.5, 0.6) is 0 Å². The second-order valence-electron chi connectivity index (χ2n) is 4.03. The molecule has 0 spiro atoms. The zero-order valence-corrected chi connectivity index (χ0v) is 7.59. The van der Waals surface area contributed by atoms with Crippen molar-refractivity contribution in [3.8, 4) is 0 Å². The third kappa shape index (κ3) is 1.34. The Kier molecular flexibility index (Phi) is 1.65. The molecule has 0 unspecified atom stereocenters. The van der Waals surface area contributed by atoms with E-state index in [9.17, 15) is 0 Å². The Balaban J connectivity index is 2.40. The van der Waals surface area contributed by atoms with Crippen molar-refractivity contribution in [1.29, 1.82) is 0 Å². The van der Waals surface area contributed by atoms with E-state index < -0.39 is 0 Å². The van der Waals surface area contributed by atoms with Crippen molar-refractivity contribution in [2.45, 2.75) is 13.8 Å². The molecule has 2 heteroatoms. The number of nitrogens with one attached hydrogen (secondary N) is 1. The Morgan fingerprint density at radius 1 is 1.33 bits per heavy atom. The van der Waals surface area contributed by atoms with Crippen LogP contribution in [0.2, 0.25) is 0 Å². The molecule has 1 N–H and O–H groups in total. The zero-order valence-electron chi connectivity index (χ0n) is 7.59. The van der Waals surface area contributed by atoms with Crippen LogP contribution in [-0.4, -0.2) is 19.3 Å². The minimum Gasteiger partial charge on any atom is -0.309 e.